The van der Waals surface area contributed by atoms with Crippen molar-refractivity contribution in [2.45, 2.75) is 0 Å². The number of nitrogens with zero attached hydrogens (tertiary/aromatic N) is 2. The van der Waals surface area contributed by atoms with Gasteiger partial charge in [-0.2, -0.15) is 0 Å². The van der Waals surface area contributed by atoms with Gasteiger partial charge in [-0.05, 0) is 12.1 Å². The van der Waals surface area contributed by atoms with E-state index in [0.29, 0.717) is 0 Å². The lowest BCUT2D eigenvalue weighted by Crippen LogP contribution is -2.52. The Morgan fingerprint density at radius 3 is 2.50 bits per heavy atom. The number of rotatable bonds is 1. The summed E-state index contributed by atoms with van der Waals surface area (Å²) in [7, 11) is 0. The molecule has 1 fully saturated rings. The van der Waals surface area contributed by atoms with E-state index in [9.17, 15) is 18.4 Å². The van der Waals surface area contributed by atoms with Gasteiger partial charge in [0.2, 0.25) is 5.91 Å². The van der Waals surface area contributed by atoms with Crippen LogP contribution in [0.5, 0.6) is 0 Å². The van der Waals surface area contributed by atoms with Gasteiger partial charge in [-0.3, -0.25) is 9.69 Å². The molecule has 2 amide bonds. The highest BCUT2D eigenvalue weighted by molar-refractivity contribution is 5.97. The number of amides is 2. The van der Waals surface area contributed by atoms with E-state index >= 15 is 0 Å². The van der Waals surface area contributed by atoms with Crippen molar-refractivity contribution in [1.82, 2.24) is 4.90 Å². The molecule has 1 aliphatic rings. The average molecular weight is 256 g/mol. The first kappa shape index (κ1) is 12.3. The first-order valence-corrected chi connectivity index (χ1v) is 5.22. The van der Waals surface area contributed by atoms with Gasteiger partial charge in [0.25, 0.3) is 0 Å². The molecule has 2 rings (SSSR count). The van der Waals surface area contributed by atoms with Crippen LogP contribution in [-0.4, -0.2) is 41.6 Å². The zero-order chi connectivity index (χ0) is 13.3. The second kappa shape index (κ2) is 4.59. The number of hydrogen-bond acceptors (Lipinski definition) is 2. The highest BCUT2D eigenvalue weighted by atomic mass is 19.2. The topological polar surface area (TPSA) is 60.9 Å². The van der Waals surface area contributed by atoms with Crippen molar-refractivity contribution >= 4 is 17.7 Å². The Bertz CT molecular complexity index is 507. The van der Waals surface area contributed by atoms with Crippen molar-refractivity contribution in [1.29, 1.82) is 0 Å². The Balaban J connectivity index is 2.18. The Morgan fingerprint density at radius 1 is 1.22 bits per heavy atom. The molecule has 1 aromatic carbocycles. The molecule has 18 heavy (non-hydrogen) atoms. The lowest BCUT2D eigenvalue weighted by atomic mass is 10.2. The molecule has 0 atom stereocenters. The number of benzene rings is 1. The fourth-order valence-corrected chi connectivity index (χ4v) is 1.76. The lowest BCUT2D eigenvalue weighted by molar-refractivity contribution is -0.120. The summed E-state index contributed by atoms with van der Waals surface area (Å²) in [6, 6.07) is 3.14. The van der Waals surface area contributed by atoms with Gasteiger partial charge in [-0.1, -0.05) is 0 Å². The first-order valence-electron chi connectivity index (χ1n) is 5.22. The van der Waals surface area contributed by atoms with Crippen LogP contribution in [0.1, 0.15) is 0 Å². The number of anilines is 1. The molecule has 0 spiro atoms. The van der Waals surface area contributed by atoms with Crippen LogP contribution in [0.3, 0.4) is 0 Å². The number of carbonyl (C=O) groups is 2. The molecular weight excluding hydrogens is 246 g/mol. The fourth-order valence-electron chi connectivity index (χ4n) is 1.76. The van der Waals surface area contributed by atoms with E-state index in [-0.39, 0.29) is 25.3 Å². The van der Waals surface area contributed by atoms with Gasteiger partial charge >= 0.3 is 6.09 Å². The standard InChI is InChI=1S/C11H10F2N2O3/c12-8-2-1-7(5-9(8)13)15-4-3-14(11(17)18)6-10(15)16/h1-2,5H,3-4,6H2,(H,17,18). The molecule has 0 unspecified atom stereocenters. The van der Waals surface area contributed by atoms with E-state index in [0.717, 1.165) is 17.0 Å². The molecule has 5 nitrogen and oxygen atoms in total. The van der Waals surface area contributed by atoms with Crippen molar-refractivity contribution in [3.05, 3.63) is 29.8 Å². The summed E-state index contributed by atoms with van der Waals surface area (Å²) < 4.78 is 25.8. The Kier molecular flexibility index (Phi) is 3.14. The first-order chi connectivity index (χ1) is 8.49. The number of carboxylic acid groups (broad SMARTS) is 1. The van der Waals surface area contributed by atoms with Crippen LogP contribution in [0.4, 0.5) is 19.3 Å². The smallest absolute Gasteiger partial charge is 0.407 e. The van der Waals surface area contributed by atoms with Gasteiger partial charge in [0.05, 0.1) is 0 Å². The second-order valence-electron chi connectivity index (χ2n) is 3.85. The largest absolute Gasteiger partial charge is 0.465 e. The minimum absolute atomic E-state index is 0.121. The number of hydrogen-bond donors (Lipinski definition) is 1. The van der Waals surface area contributed by atoms with Gasteiger partial charge in [0.1, 0.15) is 6.54 Å². The maximum Gasteiger partial charge on any atom is 0.407 e. The summed E-state index contributed by atoms with van der Waals surface area (Å²) in [5.41, 5.74) is 0.226. The van der Waals surface area contributed by atoms with Crippen molar-refractivity contribution in [3.8, 4) is 0 Å². The highest BCUT2D eigenvalue weighted by Crippen LogP contribution is 2.20. The maximum absolute atomic E-state index is 13.0. The molecule has 1 saturated heterocycles. The average Bonchev–Trinajstić information content (AvgIpc) is 2.32. The Hall–Kier alpha value is -2.18. The summed E-state index contributed by atoms with van der Waals surface area (Å²) in [6.07, 6.45) is -1.17. The number of halogens is 2. The summed E-state index contributed by atoms with van der Waals surface area (Å²) in [6.45, 7) is -0.0232. The van der Waals surface area contributed by atoms with Gasteiger partial charge in [-0.15, -0.1) is 0 Å². The van der Waals surface area contributed by atoms with Crippen LogP contribution in [0.2, 0.25) is 0 Å². The monoisotopic (exact) mass is 256 g/mol. The summed E-state index contributed by atoms with van der Waals surface area (Å²) in [5.74, 6) is -2.49. The molecule has 0 bridgehead atoms. The van der Waals surface area contributed by atoms with Crippen LogP contribution in [-0.2, 0) is 4.79 Å². The SMILES string of the molecule is O=C(O)N1CCN(c2ccc(F)c(F)c2)C(=O)C1. The Morgan fingerprint density at radius 2 is 1.94 bits per heavy atom. The molecule has 0 aromatic heterocycles. The quantitative estimate of drug-likeness (QED) is 0.823. The van der Waals surface area contributed by atoms with Crippen molar-refractivity contribution in [3.63, 3.8) is 0 Å². The van der Waals surface area contributed by atoms with Gasteiger partial charge in [0.15, 0.2) is 11.6 Å². The van der Waals surface area contributed by atoms with Gasteiger partial charge < -0.3 is 10.0 Å². The van der Waals surface area contributed by atoms with E-state index in [1.807, 2.05) is 0 Å². The lowest BCUT2D eigenvalue weighted by Gasteiger charge is -2.32. The fraction of sp³-hybridized carbons (Fsp3) is 0.273. The zero-order valence-corrected chi connectivity index (χ0v) is 9.27. The molecule has 96 valence electrons. The second-order valence-corrected chi connectivity index (χ2v) is 3.85. The molecule has 1 aromatic rings. The van der Waals surface area contributed by atoms with Crippen LogP contribution in [0.15, 0.2) is 18.2 Å². The minimum atomic E-state index is -1.17. The minimum Gasteiger partial charge on any atom is -0.465 e. The number of carbonyl (C=O) groups excluding carboxylic acids is 1. The summed E-state index contributed by atoms with van der Waals surface area (Å²) in [5, 5.41) is 8.74. The van der Waals surface area contributed by atoms with Crippen molar-refractivity contribution in [2.24, 2.45) is 0 Å². The molecule has 0 saturated carbocycles. The molecule has 1 aliphatic heterocycles. The normalized spacial score (nSPS) is 16.0. The summed E-state index contributed by atoms with van der Waals surface area (Å²) >= 11 is 0. The van der Waals surface area contributed by atoms with E-state index in [2.05, 4.69) is 0 Å². The van der Waals surface area contributed by atoms with Gasteiger partial charge in [-0.25, -0.2) is 13.6 Å². The van der Waals surface area contributed by atoms with E-state index in [1.54, 1.807) is 0 Å². The molecule has 7 heteroatoms. The van der Waals surface area contributed by atoms with Crippen molar-refractivity contribution < 1.29 is 23.5 Å². The van der Waals surface area contributed by atoms with E-state index < -0.39 is 23.6 Å². The molecule has 1 N–H and O–H groups in total. The predicted octanol–water partition coefficient (Wildman–Crippen LogP) is 1.29. The summed E-state index contributed by atoms with van der Waals surface area (Å²) in [4.78, 5) is 24.6. The third-order valence-corrected chi connectivity index (χ3v) is 2.71. The van der Waals surface area contributed by atoms with Crippen LogP contribution in [0.25, 0.3) is 0 Å². The Labute approximate surface area is 101 Å². The zero-order valence-electron chi connectivity index (χ0n) is 9.27. The van der Waals surface area contributed by atoms with Crippen LogP contribution >= 0.6 is 0 Å². The van der Waals surface area contributed by atoms with Crippen molar-refractivity contribution in [2.75, 3.05) is 24.5 Å². The molecule has 1 heterocycles. The molecule has 0 radical (unpaired) electrons. The van der Waals surface area contributed by atoms with Crippen LogP contribution in [0, 0.1) is 11.6 Å². The maximum atomic E-state index is 13.0. The van der Waals surface area contributed by atoms with E-state index in [4.69, 9.17) is 5.11 Å². The highest BCUT2D eigenvalue weighted by Gasteiger charge is 2.28. The van der Waals surface area contributed by atoms with E-state index in [1.165, 1.54) is 11.0 Å². The molecule has 0 aliphatic carbocycles. The predicted molar refractivity (Wildman–Crippen MR) is 58.3 cm³/mol. The molecular formula is C11H10F2N2O3. The van der Waals surface area contributed by atoms with Gasteiger partial charge in [0, 0.05) is 24.8 Å². The third-order valence-electron chi connectivity index (χ3n) is 2.71. The third kappa shape index (κ3) is 2.24. The van der Waals surface area contributed by atoms with Crippen LogP contribution < -0.4 is 4.90 Å². The number of piperazine rings is 1.